The van der Waals surface area contributed by atoms with E-state index < -0.39 is 11.6 Å². The van der Waals surface area contributed by atoms with Crippen LogP contribution in [0, 0.1) is 11.6 Å². The van der Waals surface area contributed by atoms with Crippen LogP contribution in [0.25, 0.3) is 0 Å². The van der Waals surface area contributed by atoms with Gasteiger partial charge in [0.05, 0.1) is 4.99 Å². The van der Waals surface area contributed by atoms with E-state index in [1.807, 2.05) is 6.92 Å². The van der Waals surface area contributed by atoms with Crippen LogP contribution < -0.4 is 5.73 Å². The van der Waals surface area contributed by atoms with Crippen molar-refractivity contribution in [3.63, 3.8) is 0 Å². The third kappa shape index (κ3) is 4.55. The maximum atomic E-state index is 13.1. The molecule has 1 rings (SSSR count). The highest BCUT2D eigenvalue weighted by atomic mass is 32.1. The Hall–Kier alpha value is -1.56. The van der Waals surface area contributed by atoms with Crippen LogP contribution in [0.1, 0.15) is 30.1 Å². The number of hydrogen-bond acceptors (Lipinski definition) is 2. The zero-order valence-electron chi connectivity index (χ0n) is 10.7. The number of halogens is 2. The molecule has 2 N–H and O–H groups in total. The van der Waals surface area contributed by atoms with Gasteiger partial charge in [-0.15, -0.1) is 0 Å². The maximum absolute atomic E-state index is 13.1. The van der Waals surface area contributed by atoms with Crippen molar-refractivity contribution in [3.8, 4) is 0 Å². The van der Waals surface area contributed by atoms with Crippen LogP contribution in [-0.2, 0) is 0 Å². The third-order valence-electron chi connectivity index (χ3n) is 2.58. The van der Waals surface area contributed by atoms with Crippen molar-refractivity contribution >= 4 is 23.1 Å². The molecule has 0 bridgehead atoms. The predicted octanol–water partition coefficient (Wildman–Crippen LogP) is 2.49. The summed E-state index contributed by atoms with van der Waals surface area (Å²) in [5.74, 6) is -2.35. The number of hydrogen-bond donors (Lipinski definition) is 1. The fourth-order valence-corrected chi connectivity index (χ4v) is 1.73. The van der Waals surface area contributed by atoms with Crippen molar-refractivity contribution in [2.45, 2.75) is 19.8 Å². The molecule has 0 fully saturated rings. The summed E-state index contributed by atoms with van der Waals surface area (Å²) in [6.45, 7) is 2.81. The first-order valence-electron chi connectivity index (χ1n) is 5.98. The first-order chi connectivity index (χ1) is 8.95. The minimum Gasteiger partial charge on any atom is -0.393 e. The SMILES string of the molecule is CCCN(CCC(N)=S)C(=O)c1ccc(F)c(F)c1. The highest BCUT2D eigenvalue weighted by Crippen LogP contribution is 2.12. The molecule has 104 valence electrons. The van der Waals surface area contributed by atoms with E-state index in [1.165, 1.54) is 11.0 Å². The van der Waals surface area contributed by atoms with Gasteiger partial charge in [0.15, 0.2) is 11.6 Å². The largest absolute Gasteiger partial charge is 0.393 e. The topological polar surface area (TPSA) is 46.3 Å². The van der Waals surface area contributed by atoms with E-state index in [0.29, 0.717) is 24.5 Å². The summed E-state index contributed by atoms with van der Waals surface area (Å²) in [5, 5.41) is 0. The van der Waals surface area contributed by atoms with Gasteiger partial charge >= 0.3 is 0 Å². The van der Waals surface area contributed by atoms with Gasteiger partial charge in [-0.1, -0.05) is 19.1 Å². The van der Waals surface area contributed by atoms with Crippen LogP contribution in [0.5, 0.6) is 0 Å². The lowest BCUT2D eigenvalue weighted by molar-refractivity contribution is 0.0759. The van der Waals surface area contributed by atoms with E-state index in [2.05, 4.69) is 0 Å². The van der Waals surface area contributed by atoms with Crippen molar-refractivity contribution in [1.82, 2.24) is 4.90 Å². The zero-order chi connectivity index (χ0) is 14.4. The molecule has 0 radical (unpaired) electrons. The number of rotatable bonds is 6. The second kappa shape index (κ2) is 7.13. The molecule has 0 heterocycles. The van der Waals surface area contributed by atoms with E-state index in [4.69, 9.17) is 18.0 Å². The van der Waals surface area contributed by atoms with Crippen molar-refractivity contribution in [1.29, 1.82) is 0 Å². The molecular weight excluding hydrogens is 270 g/mol. The van der Waals surface area contributed by atoms with Gasteiger partial charge < -0.3 is 10.6 Å². The van der Waals surface area contributed by atoms with Gasteiger partial charge in [-0.3, -0.25) is 4.79 Å². The molecule has 1 aromatic rings. The molecule has 0 atom stereocenters. The van der Waals surface area contributed by atoms with Crippen molar-refractivity contribution < 1.29 is 13.6 Å². The molecule has 0 unspecified atom stereocenters. The van der Waals surface area contributed by atoms with Gasteiger partial charge in [-0.05, 0) is 24.6 Å². The smallest absolute Gasteiger partial charge is 0.253 e. The average Bonchev–Trinajstić information content (AvgIpc) is 2.36. The molecule has 1 amide bonds. The normalized spacial score (nSPS) is 10.3. The summed E-state index contributed by atoms with van der Waals surface area (Å²) >= 11 is 4.77. The minimum atomic E-state index is -1.03. The number of nitrogens with two attached hydrogens (primary N) is 1. The summed E-state index contributed by atoms with van der Waals surface area (Å²) in [4.78, 5) is 14.0. The Morgan fingerprint density at radius 3 is 2.53 bits per heavy atom. The summed E-state index contributed by atoms with van der Waals surface area (Å²) < 4.78 is 25.9. The molecule has 0 aliphatic carbocycles. The quantitative estimate of drug-likeness (QED) is 0.817. The summed E-state index contributed by atoms with van der Waals surface area (Å²) in [5.41, 5.74) is 5.52. The Balaban J connectivity index is 2.85. The lowest BCUT2D eigenvalue weighted by Crippen LogP contribution is -2.34. The number of carbonyl (C=O) groups excluding carboxylic acids is 1. The average molecular weight is 286 g/mol. The minimum absolute atomic E-state index is 0.121. The molecule has 19 heavy (non-hydrogen) atoms. The monoisotopic (exact) mass is 286 g/mol. The van der Waals surface area contributed by atoms with Crippen LogP contribution in [-0.4, -0.2) is 28.9 Å². The van der Waals surface area contributed by atoms with Crippen molar-refractivity contribution in [3.05, 3.63) is 35.4 Å². The van der Waals surface area contributed by atoms with Crippen molar-refractivity contribution in [2.24, 2.45) is 5.73 Å². The molecule has 0 spiro atoms. The van der Waals surface area contributed by atoms with E-state index in [-0.39, 0.29) is 11.5 Å². The molecule has 3 nitrogen and oxygen atoms in total. The van der Waals surface area contributed by atoms with Crippen molar-refractivity contribution in [2.75, 3.05) is 13.1 Å². The Labute approximate surface area is 116 Å². The number of amides is 1. The molecular formula is C13H16F2N2OS. The Kier molecular flexibility index (Phi) is 5.82. The van der Waals surface area contributed by atoms with Crippen LogP contribution in [0.3, 0.4) is 0 Å². The van der Waals surface area contributed by atoms with E-state index in [1.54, 1.807) is 0 Å². The fourth-order valence-electron chi connectivity index (χ4n) is 1.64. The lowest BCUT2D eigenvalue weighted by atomic mass is 10.1. The first kappa shape index (κ1) is 15.5. The number of carbonyl (C=O) groups is 1. The highest BCUT2D eigenvalue weighted by Gasteiger charge is 2.16. The fraction of sp³-hybridized carbons (Fsp3) is 0.385. The van der Waals surface area contributed by atoms with Gasteiger partial charge in [0, 0.05) is 25.1 Å². The van der Waals surface area contributed by atoms with Gasteiger partial charge in [0.25, 0.3) is 5.91 Å². The molecule has 6 heteroatoms. The Morgan fingerprint density at radius 1 is 1.32 bits per heavy atom. The molecule has 0 aliphatic heterocycles. The summed E-state index contributed by atoms with van der Waals surface area (Å²) in [6.07, 6.45) is 1.16. The number of thiocarbonyl (C=S) groups is 1. The number of nitrogens with zero attached hydrogens (tertiary/aromatic N) is 1. The molecule has 0 aliphatic rings. The molecule has 0 aromatic heterocycles. The second-order valence-electron chi connectivity index (χ2n) is 4.14. The van der Waals surface area contributed by atoms with Gasteiger partial charge in [0.1, 0.15) is 0 Å². The summed E-state index contributed by atoms with van der Waals surface area (Å²) in [6, 6.07) is 3.12. The lowest BCUT2D eigenvalue weighted by Gasteiger charge is -2.22. The predicted molar refractivity (Wildman–Crippen MR) is 74.0 cm³/mol. The zero-order valence-corrected chi connectivity index (χ0v) is 11.5. The van der Waals surface area contributed by atoms with E-state index in [0.717, 1.165) is 18.6 Å². The standard InChI is InChI=1S/C13H16F2N2OS/c1-2-6-17(7-5-12(16)19)13(18)9-3-4-10(14)11(15)8-9/h3-4,8H,2,5-7H2,1H3,(H2,16,19). The summed E-state index contributed by atoms with van der Waals surface area (Å²) in [7, 11) is 0. The molecule has 0 saturated heterocycles. The third-order valence-corrected chi connectivity index (χ3v) is 2.78. The Morgan fingerprint density at radius 2 is 2.00 bits per heavy atom. The molecule has 1 aromatic carbocycles. The van der Waals surface area contributed by atoms with Gasteiger partial charge in [-0.2, -0.15) is 0 Å². The highest BCUT2D eigenvalue weighted by molar-refractivity contribution is 7.80. The first-order valence-corrected chi connectivity index (χ1v) is 6.39. The van der Waals surface area contributed by atoms with E-state index in [9.17, 15) is 13.6 Å². The second-order valence-corrected chi connectivity index (χ2v) is 4.66. The Bertz CT molecular complexity index is 480. The van der Waals surface area contributed by atoms with Crippen LogP contribution in [0.15, 0.2) is 18.2 Å². The van der Waals surface area contributed by atoms with Gasteiger partial charge in [-0.25, -0.2) is 8.78 Å². The van der Waals surface area contributed by atoms with Crippen LogP contribution in [0.4, 0.5) is 8.78 Å². The maximum Gasteiger partial charge on any atom is 0.253 e. The van der Waals surface area contributed by atoms with Crippen LogP contribution in [0.2, 0.25) is 0 Å². The van der Waals surface area contributed by atoms with Crippen LogP contribution >= 0.6 is 12.2 Å². The van der Waals surface area contributed by atoms with Gasteiger partial charge in [0.2, 0.25) is 0 Å². The molecule has 0 saturated carbocycles. The number of benzene rings is 1. The van der Waals surface area contributed by atoms with E-state index >= 15 is 0 Å².